The molecule has 424 valence electrons. The summed E-state index contributed by atoms with van der Waals surface area (Å²) in [7, 11) is 0. The van der Waals surface area contributed by atoms with Crippen LogP contribution in [0.15, 0.2) is 207 Å². The summed E-state index contributed by atoms with van der Waals surface area (Å²) in [5, 5.41) is 0. The van der Waals surface area contributed by atoms with Crippen LogP contribution in [-0.2, 0) is 28.6 Å². The molecule has 0 saturated carbocycles. The molecule has 0 fully saturated rings. The molecule has 0 aromatic carbocycles. The van der Waals surface area contributed by atoms with Crippen molar-refractivity contribution in [3.05, 3.63) is 207 Å². The highest BCUT2D eigenvalue weighted by Gasteiger charge is 2.19. The van der Waals surface area contributed by atoms with Gasteiger partial charge in [0.2, 0.25) is 0 Å². The first-order valence-corrected chi connectivity index (χ1v) is 29.6. The van der Waals surface area contributed by atoms with E-state index in [9.17, 15) is 14.4 Å². The molecular weight excluding hydrogens is 949 g/mol. The molecule has 0 aromatic rings. The average molecular weight is 1050 g/mol. The molecule has 0 aliphatic rings. The summed E-state index contributed by atoms with van der Waals surface area (Å²) in [4.78, 5) is 38.1. The molecule has 6 heteroatoms. The van der Waals surface area contributed by atoms with E-state index in [2.05, 4.69) is 215 Å². The van der Waals surface area contributed by atoms with Gasteiger partial charge in [-0.2, -0.15) is 0 Å². The summed E-state index contributed by atoms with van der Waals surface area (Å²) in [5.74, 6) is -1.16. The van der Waals surface area contributed by atoms with Crippen LogP contribution in [0.1, 0.15) is 201 Å². The quantitative estimate of drug-likeness (QED) is 0.0261. The fraction of sp³-hybridized carbons (Fsp3) is 0.479. The highest BCUT2D eigenvalue weighted by atomic mass is 16.6. The Bertz CT molecular complexity index is 1930. The largest absolute Gasteiger partial charge is 0.462 e. The topological polar surface area (TPSA) is 78.9 Å². The fourth-order valence-electron chi connectivity index (χ4n) is 6.99. The van der Waals surface area contributed by atoms with E-state index in [0.717, 1.165) is 148 Å². The molecule has 0 amide bonds. The summed E-state index contributed by atoms with van der Waals surface area (Å²) < 4.78 is 16.7. The van der Waals surface area contributed by atoms with Crippen molar-refractivity contribution < 1.29 is 28.6 Å². The molecule has 0 aliphatic carbocycles. The lowest BCUT2D eigenvalue weighted by molar-refractivity contribution is -0.166. The molecule has 1 unspecified atom stereocenters. The number of allylic oxidation sites excluding steroid dienone is 33. The second-order valence-corrected chi connectivity index (χ2v) is 18.4. The summed E-state index contributed by atoms with van der Waals surface area (Å²) in [6, 6.07) is 0. The second kappa shape index (κ2) is 62.5. The summed E-state index contributed by atoms with van der Waals surface area (Å²) in [6.07, 6.45) is 97.1. The average Bonchev–Trinajstić information content (AvgIpc) is 3.43. The molecule has 0 saturated heterocycles. The van der Waals surface area contributed by atoms with Crippen molar-refractivity contribution in [1.82, 2.24) is 0 Å². The number of carbonyl (C=O) groups is 3. The minimum atomic E-state index is -0.872. The van der Waals surface area contributed by atoms with E-state index in [1.807, 2.05) is 6.08 Å². The van der Waals surface area contributed by atoms with Gasteiger partial charge in [-0.25, -0.2) is 0 Å². The molecular formula is C71H104O6. The van der Waals surface area contributed by atoms with Gasteiger partial charge in [-0.05, 0) is 148 Å². The predicted molar refractivity (Wildman–Crippen MR) is 333 cm³/mol. The minimum absolute atomic E-state index is 0.0708. The maximum Gasteiger partial charge on any atom is 0.310 e. The Labute approximate surface area is 470 Å². The predicted octanol–water partition coefficient (Wildman–Crippen LogP) is 20.4. The van der Waals surface area contributed by atoms with Crippen molar-refractivity contribution in [1.29, 1.82) is 0 Å². The third kappa shape index (κ3) is 60.7. The Morgan fingerprint density at radius 2 is 0.506 bits per heavy atom. The van der Waals surface area contributed by atoms with Gasteiger partial charge >= 0.3 is 17.9 Å². The third-order valence-electron chi connectivity index (χ3n) is 11.3. The lowest BCUT2D eigenvalue weighted by atomic mass is 10.1. The maximum atomic E-state index is 12.8. The number of unbranched alkanes of at least 4 members (excludes halogenated alkanes) is 6. The molecule has 0 radical (unpaired) electrons. The highest BCUT2D eigenvalue weighted by molar-refractivity contribution is 5.72. The van der Waals surface area contributed by atoms with Gasteiger partial charge in [0.05, 0.1) is 6.42 Å². The van der Waals surface area contributed by atoms with Gasteiger partial charge in [0.25, 0.3) is 0 Å². The normalized spacial score (nSPS) is 13.6. The van der Waals surface area contributed by atoms with Crippen LogP contribution < -0.4 is 0 Å². The number of esters is 3. The van der Waals surface area contributed by atoms with E-state index in [-0.39, 0.29) is 44.4 Å². The van der Waals surface area contributed by atoms with Crippen LogP contribution in [0.3, 0.4) is 0 Å². The standard InChI is InChI=1S/C71H104O6/c1-4-7-10-13-16-19-22-25-27-28-29-30-31-32-33-34-35-36-37-38-39-40-41-42-44-46-49-52-55-58-61-64-70(73)76-67-68(66-75-69(72)63-60-57-54-51-48-45-24-21-18-15-12-9-6-3)77-71(74)65-62-59-56-53-50-47-43-26-23-20-17-14-11-8-5-2/h7-12,16-21,25-27,29-30,32-33,35-36,38-39,41-43,45-46,48-50,53,59,62,68H,4-6,13-15,22-24,28,31,34,37,40,44,47,51-52,54-58,60-61,63-67H2,1-3H3/b10-7-,11-8-,12-9-,19-16-,20-17-,21-18-,27-25-,30-29-,33-32-,36-35-,39-38-,42-41-,43-26-,48-45-,49-46-,53-50-,62-59-. The lowest BCUT2D eigenvalue weighted by Crippen LogP contribution is -2.30. The smallest absolute Gasteiger partial charge is 0.310 e. The Kier molecular flexibility index (Phi) is 57.6. The van der Waals surface area contributed by atoms with Gasteiger partial charge < -0.3 is 14.2 Å². The molecule has 0 rings (SSSR count). The molecule has 0 aliphatic heterocycles. The molecule has 0 spiro atoms. The van der Waals surface area contributed by atoms with Gasteiger partial charge in [-0.15, -0.1) is 0 Å². The molecule has 0 aromatic heterocycles. The van der Waals surface area contributed by atoms with E-state index in [0.29, 0.717) is 12.8 Å². The summed E-state index contributed by atoms with van der Waals surface area (Å²) in [6.45, 7) is 6.12. The fourth-order valence-corrected chi connectivity index (χ4v) is 6.99. The Morgan fingerprint density at radius 3 is 0.766 bits per heavy atom. The maximum absolute atomic E-state index is 12.8. The Hall–Kier alpha value is -6.01. The SMILES string of the molecule is CC/C=C\C/C=C\C/C=C\C/C=C\C/C=C\C/C=C\C/C=C\C/C=C\C/C=C\CCCCCC(=O)OCC(COC(=O)CCCCC/C=C\C/C=C\C/C=C\CC)OC(=O)C/C=C\C/C=C\C/C=C\C/C=C\C/C=C\CC. The van der Waals surface area contributed by atoms with E-state index >= 15 is 0 Å². The lowest BCUT2D eigenvalue weighted by Gasteiger charge is -2.18. The van der Waals surface area contributed by atoms with Crippen molar-refractivity contribution in [2.75, 3.05) is 13.2 Å². The summed E-state index contributed by atoms with van der Waals surface area (Å²) >= 11 is 0. The van der Waals surface area contributed by atoms with Crippen LogP contribution in [0.2, 0.25) is 0 Å². The molecule has 0 bridgehead atoms. The van der Waals surface area contributed by atoms with Crippen molar-refractivity contribution in [3.8, 4) is 0 Å². The molecule has 77 heavy (non-hydrogen) atoms. The van der Waals surface area contributed by atoms with Crippen molar-refractivity contribution in [2.24, 2.45) is 0 Å². The first kappa shape index (κ1) is 71.0. The summed E-state index contributed by atoms with van der Waals surface area (Å²) in [5.41, 5.74) is 0. The van der Waals surface area contributed by atoms with Gasteiger partial charge in [0.1, 0.15) is 13.2 Å². The number of hydrogen-bond acceptors (Lipinski definition) is 6. The Morgan fingerprint density at radius 1 is 0.273 bits per heavy atom. The van der Waals surface area contributed by atoms with Crippen molar-refractivity contribution in [3.63, 3.8) is 0 Å². The van der Waals surface area contributed by atoms with Crippen LogP contribution in [-0.4, -0.2) is 37.2 Å². The molecule has 1 atom stereocenters. The zero-order valence-electron chi connectivity index (χ0n) is 48.4. The molecule has 0 heterocycles. The zero-order chi connectivity index (χ0) is 55.7. The van der Waals surface area contributed by atoms with Gasteiger partial charge in [-0.3, -0.25) is 14.4 Å². The van der Waals surface area contributed by atoms with Crippen LogP contribution in [0.4, 0.5) is 0 Å². The van der Waals surface area contributed by atoms with E-state index in [4.69, 9.17) is 14.2 Å². The van der Waals surface area contributed by atoms with Crippen molar-refractivity contribution >= 4 is 17.9 Å². The zero-order valence-corrected chi connectivity index (χ0v) is 48.4. The van der Waals surface area contributed by atoms with Gasteiger partial charge in [0, 0.05) is 12.8 Å². The minimum Gasteiger partial charge on any atom is -0.462 e. The highest BCUT2D eigenvalue weighted by Crippen LogP contribution is 2.10. The van der Waals surface area contributed by atoms with Crippen LogP contribution in [0, 0.1) is 0 Å². The monoisotopic (exact) mass is 1050 g/mol. The van der Waals surface area contributed by atoms with Gasteiger partial charge in [0.15, 0.2) is 6.10 Å². The number of carbonyl (C=O) groups excluding carboxylic acids is 3. The van der Waals surface area contributed by atoms with Gasteiger partial charge in [-0.1, -0.05) is 240 Å². The van der Waals surface area contributed by atoms with Crippen molar-refractivity contribution in [2.45, 2.75) is 207 Å². The van der Waals surface area contributed by atoms with Crippen LogP contribution >= 0.6 is 0 Å². The molecule has 6 nitrogen and oxygen atoms in total. The van der Waals surface area contributed by atoms with Crippen LogP contribution in [0.5, 0.6) is 0 Å². The number of hydrogen-bond donors (Lipinski definition) is 0. The second-order valence-electron chi connectivity index (χ2n) is 18.4. The Balaban J connectivity index is 4.50. The molecule has 0 N–H and O–H groups in total. The van der Waals surface area contributed by atoms with Crippen LogP contribution in [0.25, 0.3) is 0 Å². The third-order valence-corrected chi connectivity index (χ3v) is 11.3. The number of ether oxygens (including phenoxy) is 3. The first-order valence-electron chi connectivity index (χ1n) is 29.6. The first-order chi connectivity index (χ1) is 38.0. The van der Waals surface area contributed by atoms with E-state index in [1.54, 1.807) is 6.08 Å². The van der Waals surface area contributed by atoms with E-state index < -0.39 is 12.1 Å². The van der Waals surface area contributed by atoms with E-state index in [1.165, 1.54) is 0 Å². The number of rotatable bonds is 50.